The van der Waals surface area contributed by atoms with E-state index in [1.54, 1.807) is 0 Å². The van der Waals surface area contributed by atoms with E-state index in [9.17, 15) is 0 Å². The zero-order valence-electron chi connectivity index (χ0n) is 9.94. The number of hydrogen-bond acceptors (Lipinski definition) is 1. The van der Waals surface area contributed by atoms with Crippen LogP contribution in [0.4, 0.5) is 0 Å². The van der Waals surface area contributed by atoms with Gasteiger partial charge >= 0.3 is 0 Å². The van der Waals surface area contributed by atoms with E-state index < -0.39 is 0 Å². The maximum atomic E-state index is 3.58. The quantitative estimate of drug-likeness (QED) is 0.622. The topological polar surface area (TPSA) is 15.8 Å². The molecule has 4 rings (SSSR count). The Morgan fingerprint density at radius 2 is 1.78 bits per heavy atom. The van der Waals surface area contributed by atoms with Crippen molar-refractivity contribution in [2.45, 2.75) is 11.3 Å². The van der Waals surface area contributed by atoms with Crippen LogP contribution in [0.5, 0.6) is 0 Å². The van der Waals surface area contributed by atoms with Gasteiger partial charge in [0.2, 0.25) is 0 Å². The Morgan fingerprint density at radius 3 is 2.78 bits per heavy atom. The van der Waals surface area contributed by atoms with Gasteiger partial charge in [-0.3, -0.25) is 0 Å². The molecule has 0 atom stereocenters. The number of thioether (sulfide) groups is 1. The third-order valence-electron chi connectivity index (χ3n) is 3.55. The molecule has 1 N–H and O–H groups in total. The lowest BCUT2D eigenvalue weighted by atomic mass is 10.0. The second-order valence-electron chi connectivity index (χ2n) is 4.62. The summed E-state index contributed by atoms with van der Waals surface area (Å²) in [4.78, 5) is 4.99. The van der Waals surface area contributed by atoms with Gasteiger partial charge in [0.25, 0.3) is 0 Å². The number of fused-ring (bicyclic) bond motifs is 5. The summed E-state index contributed by atoms with van der Waals surface area (Å²) in [6.45, 7) is 0. The standard InChI is InChI=1S/C16H13NS/c1-3-7-13-11(5-1)16-12-6-2-4-8-15(12)18-10-9-14(16)17-13/h1-8,17H,9-10H2. The minimum atomic E-state index is 1.11. The molecule has 0 saturated heterocycles. The lowest BCUT2D eigenvalue weighted by molar-refractivity contribution is 1.10. The molecule has 0 aliphatic carbocycles. The van der Waals surface area contributed by atoms with Crippen LogP contribution in [0.2, 0.25) is 0 Å². The fourth-order valence-corrected chi connectivity index (χ4v) is 3.78. The summed E-state index contributed by atoms with van der Waals surface area (Å²) in [5.74, 6) is 1.15. The van der Waals surface area contributed by atoms with Crippen molar-refractivity contribution < 1.29 is 0 Å². The van der Waals surface area contributed by atoms with E-state index in [0.717, 1.165) is 12.2 Å². The number of aromatic nitrogens is 1. The minimum Gasteiger partial charge on any atom is -0.358 e. The van der Waals surface area contributed by atoms with E-state index in [4.69, 9.17) is 0 Å². The predicted molar refractivity (Wildman–Crippen MR) is 78.2 cm³/mol. The molecule has 1 aliphatic heterocycles. The minimum absolute atomic E-state index is 1.11. The Kier molecular flexibility index (Phi) is 2.24. The normalized spacial score (nSPS) is 14.0. The molecule has 2 heteroatoms. The van der Waals surface area contributed by atoms with Gasteiger partial charge in [0.05, 0.1) is 0 Å². The number of para-hydroxylation sites is 1. The van der Waals surface area contributed by atoms with E-state index >= 15 is 0 Å². The van der Waals surface area contributed by atoms with Crippen LogP contribution in [0, 0.1) is 0 Å². The van der Waals surface area contributed by atoms with E-state index in [2.05, 4.69) is 53.5 Å². The number of rotatable bonds is 0. The Labute approximate surface area is 110 Å². The zero-order valence-corrected chi connectivity index (χ0v) is 10.8. The highest BCUT2D eigenvalue weighted by molar-refractivity contribution is 7.99. The van der Waals surface area contributed by atoms with Gasteiger partial charge in [0.15, 0.2) is 0 Å². The molecule has 2 heterocycles. The Hall–Kier alpha value is -1.67. The molecule has 0 bridgehead atoms. The summed E-state index contributed by atoms with van der Waals surface area (Å²) in [7, 11) is 0. The van der Waals surface area contributed by atoms with E-state index in [0.29, 0.717) is 0 Å². The maximum Gasteiger partial charge on any atom is 0.0462 e. The van der Waals surface area contributed by atoms with E-state index in [1.807, 2.05) is 11.8 Å². The smallest absolute Gasteiger partial charge is 0.0462 e. The molecule has 0 radical (unpaired) electrons. The summed E-state index contributed by atoms with van der Waals surface area (Å²) in [5, 5.41) is 1.35. The molecule has 0 fully saturated rings. The van der Waals surface area contributed by atoms with Crippen molar-refractivity contribution in [2.75, 3.05) is 5.75 Å². The van der Waals surface area contributed by atoms with Crippen LogP contribution in [0.15, 0.2) is 53.4 Å². The summed E-state index contributed by atoms with van der Waals surface area (Å²) in [6, 6.07) is 17.3. The fraction of sp³-hybridized carbons (Fsp3) is 0.125. The average molecular weight is 251 g/mol. The number of aromatic amines is 1. The van der Waals surface area contributed by atoms with Crippen LogP contribution in [0.3, 0.4) is 0 Å². The van der Waals surface area contributed by atoms with Gasteiger partial charge in [0.1, 0.15) is 0 Å². The number of H-pyrrole nitrogens is 1. The van der Waals surface area contributed by atoms with Crippen molar-refractivity contribution in [1.82, 2.24) is 4.98 Å². The molecule has 88 valence electrons. The zero-order chi connectivity index (χ0) is 11.9. The molecular formula is C16H13NS. The first-order valence-corrected chi connectivity index (χ1v) is 7.24. The van der Waals surface area contributed by atoms with Crippen molar-refractivity contribution in [3.8, 4) is 11.1 Å². The van der Waals surface area contributed by atoms with Crippen LogP contribution in [-0.2, 0) is 6.42 Å². The molecule has 1 aromatic heterocycles. The summed E-state index contributed by atoms with van der Waals surface area (Å²) in [6.07, 6.45) is 1.11. The van der Waals surface area contributed by atoms with Crippen LogP contribution in [0.25, 0.3) is 22.0 Å². The van der Waals surface area contributed by atoms with Crippen LogP contribution >= 0.6 is 11.8 Å². The van der Waals surface area contributed by atoms with E-state index in [-0.39, 0.29) is 0 Å². The Bertz CT molecular complexity index is 727. The highest BCUT2D eigenvalue weighted by Crippen LogP contribution is 2.41. The van der Waals surface area contributed by atoms with Crippen LogP contribution in [-0.4, -0.2) is 10.7 Å². The van der Waals surface area contributed by atoms with Crippen molar-refractivity contribution in [3.05, 3.63) is 54.2 Å². The third kappa shape index (κ3) is 1.42. The second kappa shape index (κ2) is 3.92. The van der Waals surface area contributed by atoms with Crippen molar-refractivity contribution in [1.29, 1.82) is 0 Å². The SMILES string of the molecule is c1ccc2c(c1)SCCc1[nH]c3ccccc3c1-2. The molecule has 1 aliphatic rings. The van der Waals surface area contributed by atoms with Crippen molar-refractivity contribution >= 4 is 22.7 Å². The molecule has 1 nitrogen and oxygen atoms in total. The lowest BCUT2D eigenvalue weighted by Crippen LogP contribution is -1.87. The lowest BCUT2D eigenvalue weighted by Gasteiger charge is -2.05. The first-order valence-electron chi connectivity index (χ1n) is 6.25. The number of aryl methyl sites for hydroxylation is 1. The molecule has 18 heavy (non-hydrogen) atoms. The average Bonchev–Trinajstić information content (AvgIpc) is 2.68. The molecule has 0 amide bonds. The number of nitrogens with one attached hydrogen (secondary N) is 1. The molecule has 0 unspecified atom stereocenters. The maximum absolute atomic E-state index is 3.58. The van der Waals surface area contributed by atoms with Gasteiger partial charge in [0, 0.05) is 32.8 Å². The first kappa shape index (κ1) is 10.3. The van der Waals surface area contributed by atoms with Gasteiger partial charge in [-0.1, -0.05) is 36.4 Å². The summed E-state index contributed by atoms with van der Waals surface area (Å²) < 4.78 is 0. The van der Waals surface area contributed by atoms with Gasteiger partial charge in [-0.05, 0) is 24.1 Å². The molecule has 0 saturated carbocycles. The van der Waals surface area contributed by atoms with Crippen molar-refractivity contribution in [2.24, 2.45) is 0 Å². The van der Waals surface area contributed by atoms with Gasteiger partial charge in [-0.2, -0.15) is 0 Å². The van der Waals surface area contributed by atoms with E-state index in [1.165, 1.54) is 32.6 Å². The van der Waals surface area contributed by atoms with Crippen molar-refractivity contribution in [3.63, 3.8) is 0 Å². The van der Waals surface area contributed by atoms with Crippen LogP contribution < -0.4 is 0 Å². The summed E-state index contributed by atoms with van der Waals surface area (Å²) >= 11 is 1.96. The number of benzene rings is 2. The molecular weight excluding hydrogens is 238 g/mol. The highest BCUT2D eigenvalue weighted by Gasteiger charge is 2.18. The molecule has 0 spiro atoms. The van der Waals surface area contributed by atoms with Gasteiger partial charge in [-0.15, -0.1) is 11.8 Å². The third-order valence-corrected chi connectivity index (χ3v) is 4.63. The monoisotopic (exact) mass is 251 g/mol. The molecule has 3 aromatic rings. The molecule has 2 aromatic carbocycles. The van der Waals surface area contributed by atoms with Gasteiger partial charge < -0.3 is 4.98 Å². The fourth-order valence-electron chi connectivity index (χ4n) is 2.75. The van der Waals surface area contributed by atoms with Crippen LogP contribution in [0.1, 0.15) is 5.69 Å². The Balaban J connectivity index is 2.13. The number of hydrogen-bond donors (Lipinski definition) is 1. The second-order valence-corrected chi connectivity index (χ2v) is 5.76. The summed E-state index contributed by atoms with van der Waals surface area (Å²) in [5.41, 5.74) is 5.43. The predicted octanol–water partition coefficient (Wildman–Crippen LogP) is 4.48. The first-order chi connectivity index (χ1) is 8.93. The Morgan fingerprint density at radius 1 is 0.944 bits per heavy atom. The largest absolute Gasteiger partial charge is 0.358 e. The van der Waals surface area contributed by atoms with Gasteiger partial charge in [-0.25, -0.2) is 0 Å². The highest BCUT2D eigenvalue weighted by atomic mass is 32.2.